The summed E-state index contributed by atoms with van der Waals surface area (Å²) in [6, 6.07) is 8.45. The third-order valence-corrected chi connectivity index (χ3v) is 1.17. The van der Waals surface area contributed by atoms with Gasteiger partial charge in [-0.25, -0.2) is 0 Å². The second kappa shape index (κ2) is 3.77. The van der Waals surface area contributed by atoms with Crippen LogP contribution in [0.25, 0.3) is 0 Å². The number of hydrogen-bond acceptors (Lipinski definition) is 0. The SMILES string of the molecule is Cc1cccc(C)c1.[LiH]. The van der Waals surface area contributed by atoms with Gasteiger partial charge in [0.15, 0.2) is 0 Å². The third-order valence-electron chi connectivity index (χ3n) is 1.17. The quantitative estimate of drug-likeness (QED) is 0.450. The van der Waals surface area contributed by atoms with Gasteiger partial charge in [-0.2, -0.15) is 0 Å². The predicted molar refractivity (Wildman–Crippen MR) is 43.1 cm³/mol. The average molecular weight is 114 g/mol. The molecule has 9 heavy (non-hydrogen) atoms. The first-order valence-electron chi connectivity index (χ1n) is 2.82. The van der Waals surface area contributed by atoms with E-state index in [0.29, 0.717) is 0 Å². The van der Waals surface area contributed by atoms with Crippen LogP contribution in [-0.2, 0) is 0 Å². The molecule has 1 rings (SSSR count). The zero-order valence-corrected chi connectivity index (χ0v) is 5.31. The Morgan fingerprint density at radius 1 is 1.00 bits per heavy atom. The number of aryl methyl sites for hydroxylation is 2. The molecule has 1 aromatic rings. The first kappa shape index (κ1) is 8.82. The Bertz CT molecular complexity index is 164. The molecule has 0 radical (unpaired) electrons. The van der Waals surface area contributed by atoms with Crippen molar-refractivity contribution >= 4 is 18.9 Å². The van der Waals surface area contributed by atoms with Crippen LogP contribution < -0.4 is 0 Å². The van der Waals surface area contributed by atoms with Crippen LogP contribution in [0, 0.1) is 13.8 Å². The normalized spacial score (nSPS) is 8.22. The summed E-state index contributed by atoms with van der Waals surface area (Å²) in [6.07, 6.45) is 0. The first-order chi connectivity index (χ1) is 3.79. The fraction of sp³-hybridized carbons (Fsp3) is 0.250. The Balaban J connectivity index is 0.000000640. The summed E-state index contributed by atoms with van der Waals surface area (Å²) < 4.78 is 0. The Morgan fingerprint density at radius 2 is 1.44 bits per heavy atom. The van der Waals surface area contributed by atoms with Gasteiger partial charge in [-0.05, 0) is 13.8 Å². The molecule has 0 nitrogen and oxygen atoms in total. The van der Waals surface area contributed by atoms with Gasteiger partial charge in [0.2, 0.25) is 0 Å². The molecule has 44 valence electrons. The van der Waals surface area contributed by atoms with Gasteiger partial charge in [0, 0.05) is 0 Å². The van der Waals surface area contributed by atoms with Crippen molar-refractivity contribution in [3.8, 4) is 0 Å². The fourth-order valence-electron chi connectivity index (χ4n) is 0.807. The van der Waals surface area contributed by atoms with Gasteiger partial charge >= 0.3 is 18.9 Å². The molecular formula is C8H11Li. The van der Waals surface area contributed by atoms with Gasteiger partial charge in [-0.1, -0.05) is 35.4 Å². The van der Waals surface area contributed by atoms with Crippen molar-refractivity contribution in [2.24, 2.45) is 0 Å². The molecule has 0 aliphatic heterocycles. The summed E-state index contributed by atoms with van der Waals surface area (Å²) in [5.41, 5.74) is 2.68. The number of hydrogen-bond donors (Lipinski definition) is 0. The van der Waals surface area contributed by atoms with Crippen molar-refractivity contribution in [3.05, 3.63) is 35.4 Å². The Labute approximate surface area is 68.5 Å². The van der Waals surface area contributed by atoms with Gasteiger partial charge in [-0.15, -0.1) is 0 Å². The third kappa shape index (κ3) is 2.74. The van der Waals surface area contributed by atoms with Crippen LogP contribution in [0.3, 0.4) is 0 Å². The van der Waals surface area contributed by atoms with E-state index in [4.69, 9.17) is 0 Å². The van der Waals surface area contributed by atoms with Crippen molar-refractivity contribution in [1.29, 1.82) is 0 Å². The van der Waals surface area contributed by atoms with Crippen molar-refractivity contribution in [2.45, 2.75) is 13.8 Å². The van der Waals surface area contributed by atoms with Gasteiger partial charge in [0.25, 0.3) is 0 Å². The summed E-state index contributed by atoms with van der Waals surface area (Å²) in [5.74, 6) is 0. The molecule has 0 amide bonds. The molecule has 0 heterocycles. The second-order valence-corrected chi connectivity index (χ2v) is 2.16. The van der Waals surface area contributed by atoms with E-state index < -0.39 is 0 Å². The van der Waals surface area contributed by atoms with E-state index in [1.807, 2.05) is 0 Å². The molecule has 0 fully saturated rings. The number of benzene rings is 1. The van der Waals surface area contributed by atoms with Crippen LogP contribution in [0.5, 0.6) is 0 Å². The maximum atomic E-state index is 2.17. The molecule has 0 saturated heterocycles. The molecular weight excluding hydrogens is 103 g/mol. The molecule has 0 bridgehead atoms. The Morgan fingerprint density at radius 3 is 1.67 bits per heavy atom. The van der Waals surface area contributed by atoms with Crippen LogP contribution in [-0.4, -0.2) is 18.9 Å². The molecule has 0 unspecified atom stereocenters. The fourth-order valence-corrected chi connectivity index (χ4v) is 0.807. The zero-order valence-electron chi connectivity index (χ0n) is 5.31. The molecule has 0 spiro atoms. The second-order valence-electron chi connectivity index (χ2n) is 2.16. The van der Waals surface area contributed by atoms with E-state index in [0.717, 1.165) is 0 Å². The molecule has 1 aromatic carbocycles. The van der Waals surface area contributed by atoms with E-state index in [2.05, 4.69) is 38.1 Å². The van der Waals surface area contributed by atoms with E-state index >= 15 is 0 Å². The van der Waals surface area contributed by atoms with E-state index in [1.165, 1.54) is 11.1 Å². The molecule has 0 atom stereocenters. The van der Waals surface area contributed by atoms with Crippen molar-refractivity contribution in [3.63, 3.8) is 0 Å². The van der Waals surface area contributed by atoms with Gasteiger partial charge in [0.05, 0.1) is 0 Å². The summed E-state index contributed by atoms with van der Waals surface area (Å²) in [5, 5.41) is 0. The number of rotatable bonds is 0. The molecule has 0 aliphatic rings. The first-order valence-corrected chi connectivity index (χ1v) is 2.82. The molecule has 1 heteroatoms. The molecule has 0 saturated carbocycles. The van der Waals surface area contributed by atoms with E-state index in [1.54, 1.807) is 0 Å². The van der Waals surface area contributed by atoms with Crippen molar-refractivity contribution < 1.29 is 0 Å². The van der Waals surface area contributed by atoms with Crippen LogP contribution >= 0.6 is 0 Å². The minimum atomic E-state index is 0. The monoisotopic (exact) mass is 114 g/mol. The van der Waals surface area contributed by atoms with Crippen LogP contribution in [0.1, 0.15) is 11.1 Å². The van der Waals surface area contributed by atoms with Gasteiger partial charge < -0.3 is 0 Å². The van der Waals surface area contributed by atoms with E-state index in [-0.39, 0.29) is 18.9 Å². The Kier molecular flexibility index (Phi) is 3.69. The Hall–Kier alpha value is -0.183. The van der Waals surface area contributed by atoms with Crippen LogP contribution in [0.4, 0.5) is 0 Å². The van der Waals surface area contributed by atoms with Crippen LogP contribution in [0.15, 0.2) is 24.3 Å². The maximum absolute atomic E-state index is 2.17. The summed E-state index contributed by atoms with van der Waals surface area (Å²) in [4.78, 5) is 0. The van der Waals surface area contributed by atoms with Crippen molar-refractivity contribution in [1.82, 2.24) is 0 Å². The van der Waals surface area contributed by atoms with E-state index in [9.17, 15) is 0 Å². The minimum absolute atomic E-state index is 0. The molecule has 0 aromatic heterocycles. The van der Waals surface area contributed by atoms with Gasteiger partial charge in [0.1, 0.15) is 0 Å². The van der Waals surface area contributed by atoms with Gasteiger partial charge in [-0.3, -0.25) is 0 Å². The standard InChI is InChI=1S/C8H10.Li.H/c1-7-4-3-5-8(2)6-7;;/h3-6H,1-2H3;;. The summed E-state index contributed by atoms with van der Waals surface area (Å²) in [6.45, 7) is 4.21. The summed E-state index contributed by atoms with van der Waals surface area (Å²) >= 11 is 0. The molecule has 0 aliphatic carbocycles. The topological polar surface area (TPSA) is 0 Å². The average Bonchev–Trinajstić information content (AvgIpc) is 1.64. The van der Waals surface area contributed by atoms with Crippen molar-refractivity contribution in [2.75, 3.05) is 0 Å². The molecule has 0 N–H and O–H groups in total. The summed E-state index contributed by atoms with van der Waals surface area (Å²) in [7, 11) is 0. The predicted octanol–water partition coefficient (Wildman–Crippen LogP) is 1.65. The van der Waals surface area contributed by atoms with Crippen LogP contribution in [0.2, 0.25) is 0 Å². The zero-order chi connectivity index (χ0) is 5.98.